The van der Waals surface area contributed by atoms with E-state index in [-0.39, 0.29) is 26.5 Å². The number of nitrogens with one attached hydrogen (secondary N) is 2. The third kappa shape index (κ3) is 2.56. The molecule has 2 heterocycles. The molecule has 2 atom stereocenters. The molecule has 2 unspecified atom stereocenters. The van der Waals surface area contributed by atoms with Crippen molar-refractivity contribution in [2.75, 3.05) is 11.9 Å². The average molecular weight is 323 g/mol. The zero-order valence-electron chi connectivity index (χ0n) is 10.7. The summed E-state index contributed by atoms with van der Waals surface area (Å²) in [6.45, 7) is 3.03. The van der Waals surface area contributed by atoms with Crippen LogP contribution in [0.2, 0.25) is 0 Å². The number of rotatable bonds is 2. The second-order valence-electron chi connectivity index (χ2n) is 4.98. The zero-order chi connectivity index (χ0) is 13.2. The van der Waals surface area contributed by atoms with Gasteiger partial charge in [0.25, 0.3) is 0 Å². The van der Waals surface area contributed by atoms with E-state index in [0.29, 0.717) is 5.92 Å². The fraction of sp³-hybridized carbons (Fsp3) is 0.462. The number of hydrogen-bond acceptors (Lipinski definition) is 4. The molecule has 0 saturated carbocycles. The van der Waals surface area contributed by atoms with Crippen molar-refractivity contribution >= 4 is 37.5 Å². The van der Waals surface area contributed by atoms with E-state index >= 15 is 0 Å². The molecule has 0 radical (unpaired) electrons. The minimum atomic E-state index is -0.103. The Balaban J connectivity index is 1.77. The molecule has 1 aromatic rings. The van der Waals surface area contributed by atoms with E-state index in [9.17, 15) is 4.79 Å². The predicted molar refractivity (Wildman–Crippen MR) is 75.2 cm³/mol. The molecule has 0 bridgehead atoms. The van der Waals surface area contributed by atoms with Gasteiger partial charge in [-0.05, 0) is 0 Å². The van der Waals surface area contributed by atoms with Crippen LogP contribution in [0.4, 0.5) is 17.1 Å². The van der Waals surface area contributed by atoms with Crippen molar-refractivity contribution in [1.82, 2.24) is 5.32 Å². The van der Waals surface area contributed by atoms with E-state index in [2.05, 4.69) is 25.5 Å². The molecule has 0 aliphatic carbocycles. The number of carbonyl (C=O) groups is 1. The molecular formula is C13H16N4OSe. The van der Waals surface area contributed by atoms with E-state index < -0.39 is 0 Å². The van der Waals surface area contributed by atoms with Gasteiger partial charge in [0.2, 0.25) is 0 Å². The van der Waals surface area contributed by atoms with Crippen LogP contribution in [0.1, 0.15) is 19.8 Å². The van der Waals surface area contributed by atoms with Crippen molar-refractivity contribution in [3.05, 3.63) is 18.2 Å². The van der Waals surface area contributed by atoms with Gasteiger partial charge in [0.1, 0.15) is 0 Å². The molecule has 0 spiro atoms. The van der Waals surface area contributed by atoms with E-state index in [0.717, 1.165) is 36.4 Å². The summed E-state index contributed by atoms with van der Waals surface area (Å²) in [4.78, 5) is 12.3. The number of piperidine rings is 1. The molecule has 19 heavy (non-hydrogen) atoms. The van der Waals surface area contributed by atoms with Crippen molar-refractivity contribution in [1.29, 1.82) is 0 Å². The average Bonchev–Trinajstić information content (AvgIpc) is 2.88. The fourth-order valence-corrected chi connectivity index (χ4v) is 3.67. The number of amides is 1. The monoisotopic (exact) mass is 324 g/mol. The maximum absolute atomic E-state index is 12.3. The molecule has 6 heteroatoms. The van der Waals surface area contributed by atoms with Crippen LogP contribution < -0.4 is 10.6 Å². The molecule has 1 fully saturated rings. The summed E-state index contributed by atoms with van der Waals surface area (Å²) in [7, 11) is 0. The number of nitrogens with zero attached hydrogens (tertiary/aromatic N) is 2. The Hall–Kier alpha value is -1.23. The first kappa shape index (κ1) is 12.8. The second-order valence-corrected chi connectivity index (χ2v) is 6.09. The zero-order valence-corrected chi connectivity index (χ0v) is 12.4. The van der Waals surface area contributed by atoms with Gasteiger partial charge in [0, 0.05) is 0 Å². The van der Waals surface area contributed by atoms with Gasteiger partial charge in [-0.25, -0.2) is 0 Å². The Morgan fingerprint density at radius 2 is 2.37 bits per heavy atom. The number of hydrogen-bond donors (Lipinski definition) is 2. The number of fused-ring (bicyclic) bond motifs is 1. The predicted octanol–water partition coefficient (Wildman–Crippen LogP) is 2.36. The van der Waals surface area contributed by atoms with Gasteiger partial charge < -0.3 is 0 Å². The molecule has 2 aliphatic heterocycles. The van der Waals surface area contributed by atoms with Gasteiger partial charge >= 0.3 is 117 Å². The Labute approximate surface area is 117 Å². The van der Waals surface area contributed by atoms with Crippen LogP contribution in [0, 0.1) is 5.92 Å². The summed E-state index contributed by atoms with van der Waals surface area (Å²) in [5, 5.41) is 6.29. The Bertz CT molecular complexity index is 580. The van der Waals surface area contributed by atoms with Gasteiger partial charge in [-0.2, -0.15) is 0 Å². The van der Waals surface area contributed by atoms with Gasteiger partial charge in [-0.3, -0.25) is 0 Å². The first-order chi connectivity index (χ1) is 9.25. The molecular weight excluding hydrogens is 307 g/mol. The van der Waals surface area contributed by atoms with Crippen LogP contribution in [0.25, 0.3) is 0 Å². The number of benzene rings is 1. The number of carbonyl (C=O) groups excluding carboxylic acids is 1. The van der Waals surface area contributed by atoms with Crippen molar-refractivity contribution in [2.45, 2.75) is 25.8 Å². The Kier molecular flexibility index (Phi) is 3.64. The van der Waals surface area contributed by atoms with E-state index in [1.165, 1.54) is 0 Å². The fourth-order valence-electron chi connectivity index (χ4n) is 2.52. The van der Waals surface area contributed by atoms with E-state index in [1.54, 1.807) is 0 Å². The summed E-state index contributed by atoms with van der Waals surface area (Å²) < 4.78 is 8.70. The maximum atomic E-state index is 12.3. The van der Waals surface area contributed by atoms with Crippen LogP contribution in [0.5, 0.6) is 0 Å². The Morgan fingerprint density at radius 3 is 3.21 bits per heavy atom. The SMILES string of the molecule is CC1CCCNC1C(=O)Nc1cccc2c1N=[Se]=N2. The molecule has 0 aromatic heterocycles. The second kappa shape index (κ2) is 5.41. The standard InChI is InChI=1S/C13H16N4OSe/c1-8-4-3-7-14-11(8)13(18)15-9-5-2-6-10-12(9)17-19-16-10/h2,5-6,8,11,14H,3-4,7H2,1H3,(H,15,18). The van der Waals surface area contributed by atoms with Crippen LogP contribution in [-0.4, -0.2) is 33.1 Å². The summed E-state index contributed by atoms with van der Waals surface area (Å²) in [6, 6.07) is 5.63. The van der Waals surface area contributed by atoms with Crippen LogP contribution >= 0.6 is 0 Å². The molecule has 1 saturated heterocycles. The first-order valence-electron chi connectivity index (χ1n) is 6.51. The quantitative estimate of drug-likeness (QED) is 0.833. The van der Waals surface area contributed by atoms with E-state index in [4.69, 9.17) is 0 Å². The molecule has 1 amide bonds. The van der Waals surface area contributed by atoms with Crippen molar-refractivity contribution in [3.8, 4) is 0 Å². The molecule has 3 rings (SSSR count). The Morgan fingerprint density at radius 1 is 1.47 bits per heavy atom. The molecule has 5 nitrogen and oxygen atoms in total. The first-order valence-corrected chi connectivity index (χ1v) is 8.04. The minimum absolute atomic E-state index is 0.0372. The van der Waals surface area contributed by atoms with E-state index in [1.807, 2.05) is 18.2 Å². The third-order valence-corrected chi connectivity index (χ3v) is 4.73. The van der Waals surface area contributed by atoms with Gasteiger partial charge in [0.15, 0.2) is 0 Å². The molecule has 1 aromatic carbocycles. The van der Waals surface area contributed by atoms with Gasteiger partial charge in [-0.1, -0.05) is 0 Å². The van der Waals surface area contributed by atoms with Gasteiger partial charge in [0.05, 0.1) is 0 Å². The van der Waals surface area contributed by atoms with Crippen LogP contribution in [0.15, 0.2) is 26.1 Å². The molecule has 100 valence electrons. The van der Waals surface area contributed by atoms with Crippen molar-refractivity contribution in [2.24, 2.45) is 13.8 Å². The summed E-state index contributed by atoms with van der Waals surface area (Å²) in [6.07, 6.45) is 2.24. The summed E-state index contributed by atoms with van der Waals surface area (Å²) in [5.74, 6) is 0.409. The molecule has 2 aliphatic rings. The normalized spacial score (nSPS) is 24.7. The van der Waals surface area contributed by atoms with Gasteiger partial charge in [-0.15, -0.1) is 0 Å². The van der Waals surface area contributed by atoms with Crippen molar-refractivity contribution < 1.29 is 4.79 Å². The summed E-state index contributed by atoms with van der Waals surface area (Å²) in [5.41, 5.74) is 2.51. The topological polar surface area (TPSA) is 65.8 Å². The van der Waals surface area contributed by atoms with Crippen LogP contribution in [0.3, 0.4) is 0 Å². The van der Waals surface area contributed by atoms with Crippen molar-refractivity contribution in [3.63, 3.8) is 0 Å². The summed E-state index contributed by atoms with van der Waals surface area (Å²) >= 11 is -0.0699. The number of anilines is 1. The third-order valence-electron chi connectivity index (χ3n) is 3.60. The van der Waals surface area contributed by atoms with Crippen LogP contribution in [-0.2, 0) is 4.79 Å². The molecule has 2 N–H and O–H groups in total.